The Balaban J connectivity index is 1.88. The molecule has 0 aromatic rings. The molecule has 1 N–H and O–H groups in total. The van der Waals surface area contributed by atoms with Crippen LogP contribution in [0.1, 0.15) is 51.4 Å². The van der Waals surface area contributed by atoms with E-state index < -0.39 is 10.0 Å². The number of hydrogen-bond donors (Lipinski definition) is 1. The predicted molar refractivity (Wildman–Crippen MR) is 66.2 cm³/mol. The second-order valence-corrected chi connectivity index (χ2v) is 7.63. The van der Waals surface area contributed by atoms with E-state index in [2.05, 4.69) is 4.72 Å². The maximum atomic E-state index is 12.0. The molecule has 2 saturated carbocycles. The Labute approximate surface area is 103 Å². The summed E-state index contributed by atoms with van der Waals surface area (Å²) in [6.45, 7) is 0. The van der Waals surface area contributed by atoms with Crippen LogP contribution < -0.4 is 4.72 Å². The lowest BCUT2D eigenvalue weighted by atomic mass is 9.96. The fourth-order valence-electron chi connectivity index (χ4n) is 2.70. The molecule has 2 aliphatic rings. The van der Waals surface area contributed by atoms with Gasteiger partial charge in [0.05, 0.1) is 5.25 Å². The first-order valence-corrected chi connectivity index (χ1v) is 8.21. The fraction of sp³-hybridized carbons (Fsp3) is 1.00. The molecule has 2 fully saturated rings. The van der Waals surface area contributed by atoms with Crippen LogP contribution in [0.3, 0.4) is 0 Å². The van der Waals surface area contributed by atoms with Crippen LogP contribution in [0.15, 0.2) is 0 Å². The first kappa shape index (κ1) is 12.7. The number of halogens is 1. The lowest BCUT2D eigenvalue weighted by Crippen LogP contribution is -2.42. The smallest absolute Gasteiger partial charge is 0.212 e. The number of alkyl halides is 1. The highest BCUT2D eigenvalue weighted by Crippen LogP contribution is 2.27. The molecule has 0 atom stereocenters. The molecule has 0 amide bonds. The van der Waals surface area contributed by atoms with Crippen LogP contribution in [0.5, 0.6) is 0 Å². The van der Waals surface area contributed by atoms with Crippen LogP contribution in [0.25, 0.3) is 0 Å². The third kappa shape index (κ3) is 3.11. The molecule has 0 aromatic carbocycles. The molecule has 5 heteroatoms. The molecule has 2 aliphatic carbocycles. The Morgan fingerprint density at radius 2 is 1.50 bits per heavy atom. The summed E-state index contributed by atoms with van der Waals surface area (Å²) in [6.07, 6.45) is 7.42. The van der Waals surface area contributed by atoms with Crippen LogP contribution >= 0.6 is 11.6 Å². The molecule has 0 spiro atoms. The Kier molecular flexibility index (Phi) is 4.14. The molecule has 3 nitrogen and oxygen atoms in total. The molecule has 0 bridgehead atoms. The average Bonchev–Trinajstić information content (AvgIpc) is 2.75. The molecule has 0 radical (unpaired) electrons. The van der Waals surface area contributed by atoms with Crippen molar-refractivity contribution in [1.82, 2.24) is 4.72 Å². The van der Waals surface area contributed by atoms with Crippen molar-refractivity contribution in [3.05, 3.63) is 0 Å². The molecular weight excluding hydrogens is 246 g/mol. The highest BCUT2D eigenvalue weighted by Gasteiger charge is 2.31. The second-order valence-electron chi connectivity index (χ2n) is 5.02. The highest BCUT2D eigenvalue weighted by molar-refractivity contribution is 7.90. The number of sulfonamides is 1. The van der Waals surface area contributed by atoms with E-state index in [0.29, 0.717) is 0 Å². The van der Waals surface area contributed by atoms with Gasteiger partial charge < -0.3 is 0 Å². The minimum Gasteiger partial charge on any atom is -0.212 e. The maximum absolute atomic E-state index is 12.0. The van der Waals surface area contributed by atoms with Gasteiger partial charge in [-0.25, -0.2) is 13.1 Å². The third-order valence-corrected chi connectivity index (χ3v) is 6.18. The topological polar surface area (TPSA) is 46.2 Å². The number of hydrogen-bond acceptors (Lipinski definition) is 2. The van der Waals surface area contributed by atoms with Crippen molar-refractivity contribution in [1.29, 1.82) is 0 Å². The van der Waals surface area contributed by atoms with Crippen LogP contribution in [0.4, 0.5) is 0 Å². The Morgan fingerprint density at radius 1 is 0.938 bits per heavy atom. The van der Waals surface area contributed by atoms with Crippen molar-refractivity contribution >= 4 is 21.6 Å². The first-order chi connectivity index (χ1) is 7.58. The fourth-order valence-corrected chi connectivity index (χ4v) is 4.80. The van der Waals surface area contributed by atoms with E-state index in [-0.39, 0.29) is 16.7 Å². The molecule has 2 rings (SSSR count). The maximum Gasteiger partial charge on any atom is 0.214 e. The van der Waals surface area contributed by atoms with Gasteiger partial charge in [-0.05, 0) is 38.5 Å². The lowest BCUT2D eigenvalue weighted by Gasteiger charge is -2.26. The standard InChI is InChI=1S/C11H20ClNO2S/c12-9-5-7-10(8-6-9)13-16(14,15)11-3-1-2-4-11/h9-11,13H,1-8H2. The van der Waals surface area contributed by atoms with E-state index >= 15 is 0 Å². The van der Waals surface area contributed by atoms with E-state index in [0.717, 1.165) is 51.4 Å². The SMILES string of the molecule is O=S(=O)(NC1CCC(Cl)CC1)C1CCCC1. The van der Waals surface area contributed by atoms with Crippen molar-refractivity contribution in [3.63, 3.8) is 0 Å². The first-order valence-electron chi connectivity index (χ1n) is 6.23. The van der Waals surface area contributed by atoms with Gasteiger partial charge >= 0.3 is 0 Å². The van der Waals surface area contributed by atoms with E-state index in [1.807, 2.05) is 0 Å². The molecule has 16 heavy (non-hydrogen) atoms. The summed E-state index contributed by atoms with van der Waals surface area (Å²) < 4.78 is 26.9. The lowest BCUT2D eigenvalue weighted by molar-refractivity contribution is 0.414. The number of rotatable bonds is 3. The summed E-state index contributed by atoms with van der Waals surface area (Å²) in [5, 5.41) is 0.105. The van der Waals surface area contributed by atoms with Crippen molar-refractivity contribution in [2.24, 2.45) is 0 Å². The molecule has 0 heterocycles. The van der Waals surface area contributed by atoms with Gasteiger partial charge in [-0.3, -0.25) is 0 Å². The van der Waals surface area contributed by atoms with Crippen molar-refractivity contribution < 1.29 is 8.42 Å². The molecule has 0 aromatic heterocycles. The zero-order chi connectivity index (χ0) is 11.6. The zero-order valence-corrected chi connectivity index (χ0v) is 11.1. The summed E-state index contributed by atoms with van der Waals surface area (Å²) >= 11 is 6.00. The summed E-state index contributed by atoms with van der Waals surface area (Å²) in [4.78, 5) is 0. The van der Waals surface area contributed by atoms with E-state index in [9.17, 15) is 8.42 Å². The van der Waals surface area contributed by atoms with Crippen molar-refractivity contribution in [3.8, 4) is 0 Å². The van der Waals surface area contributed by atoms with Gasteiger partial charge in [-0.2, -0.15) is 0 Å². The van der Waals surface area contributed by atoms with E-state index in [4.69, 9.17) is 11.6 Å². The predicted octanol–water partition coefficient (Wildman–Crippen LogP) is 2.40. The van der Waals surface area contributed by atoms with Gasteiger partial charge in [0.1, 0.15) is 0 Å². The Bertz CT molecular complexity index is 317. The van der Waals surface area contributed by atoms with Crippen LogP contribution in [0, 0.1) is 0 Å². The van der Waals surface area contributed by atoms with Crippen LogP contribution in [-0.2, 0) is 10.0 Å². The molecule has 94 valence electrons. The van der Waals surface area contributed by atoms with Crippen LogP contribution in [-0.4, -0.2) is 25.1 Å². The van der Waals surface area contributed by atoms with E-state index in [1.165, 1.54) is 0 Å². The average molecular weight is 266 g/mol. The Hall–Kier alpha value is 0.200. The summed E-state index contributed by atoms with van der Waals surface area (Å²) in [5.41, 5.74) is 0. The molecule has 0 unspecified atom stereocenters. The van der Waals surface area contributed by atoms with Crippen LogP contribution in [0.2, 0.25) is 0 Å². The number of nitrogens with one attached hydrogen (secondary N) is 1. The van der Waals surface area contributed by atoms with Gasteiger partial charge in [-0.1, -0.05) is 12.8 Å². The summed E-state index contributed by atoms with van der Waals surface area (Å²) in [7, 11) is -3.07. The normalized spacial score (nSPS) is 33.1. The van der Waals surface area contributed by atoms with Gasteiger partial charge in [0.25, 0.3) is 0 Å². The van der Waals surface area contributed by atoms with Gasteiger partial charge in [0.15, 0.2) is 0 Å². The third-order valence-electron chi connectivity index (χ3n) is 3.73. The van der Waals surface area contributed by atoms with Crippen molar-refractivity contribution in [2.45, 2.75) is 68.0 Å². The van der Waals surface area contributed by atoms with Crippen molar-refractivity contribution in [2.75, 3.05) is 0 Å². The largest absolute Gasteiger partial charge is 0.214 e. The summed E-state index contributed by atoms with van der Waals surface area (Å²) in [6, 6.07) is 0.126. The van der Waals surface area contributed by atoms with E-state index in [1.54, 1.807) is 0 Å². The summed E-state index contributed by atoms with van der Waals surface area (Å²) in [5.74, 6) is 0. The monoisotopic (exact) mass is 265 g/mol. The minimum absolute atomic E-state index is 0.126. The molecule has 0 saturated heterocycles. The highest BCUT2D eigenvalue weighted by atomic mass is 35.5. The molecular formula is C11H20ClNO2S. The quantitative estimate of drug-likeness (QED) is 0.797. The molecule has 0 aliphatic heterocycles. The Morgan fingerprint density at radius 3 is 2.06 bits per heavy atom. The van der Waals surface area contributed by atoms with Gasteiger partial charge in [0, 0.05) is 11.4 Å². The zero-order valence-electron chi connectivity index (χ0n) is 9.49. The minimum atomic E-state index is -3.07. The van der Waals surface area contributed by atoms with Gasteiger partial charge in [0.2, 0.25) is 10.0 Å². The second kappa shape index (κ2) is 5.23. The van der Waals surface area contributed by atoms with Gasteiger partial charge in [-0.15, -0.1) is 11.6 Å².